The molecule has 0 unspecified atom stereocenters. The van der Waals surface area contributed by atoms with Crippen molar-refractivity contribution in [3.05, 3.63) is 78.1 Å². The van der Waals surface area contributed by atoms with Crippen LogP contribution in [0.5, 0.6) is 0 Å². The van der Waals surface area contributed by atoms with Crippen LogP contribution >= 0.6 is 0 Å². The molecule has 0 bridgehead atoms. The Morgan fingerprint density at radius 3 is 2.28 bits per heavy atom. The molecular weight excluding hydrogens is 322 g/mol. The van der Waals surface area contributed by atoms with Crippen molar-refractivity contribution >= 4 is 11.9 Å². The van der Waals surface area contributed by atoms with Gasteiger partial charge in [-0.15, -0.1) is 0 Å². The minimum atomic E-state index is -0.507. The fraction of sp³-hybridized carbons (Fsp3) is 0.211. The number of aromatic nitrogens is 1. The third-order valence-corrected chi connectivity index (χ3v) is 3.16. The van der Waals surface area contributed by atoms with Crippen LogP contribution in [-0.2, 0) is 20.9 Å². The molecule has 0 saturated heterocycles. The Morgan fingerprint density at radius 1 is 1.00 bits per heavy atom. The summed E-state index contributed by atoms with van der Waals surface area (Å²) < 4.78 is 11.4. The Balaban J connectivity index is 1.76. The van der Waals surface area contributed by atoms with Gasteiger partial charge in [0, 0.05) is 22.4 Å². The van der Waals surface area contributed by atoms with Gasteiger partial charge < -0.3 is 9.47 Å². The van der Waals surface area contributed by atoms with E-state index in [2.05, 4.69) is 6.58 Å². The lowest BCUT2D eigenvalue weighted by Gasteiger charge is -2.06. The smallest absolute Gasteiger partial charge is 0.338 e. The van der Waals surface area contributed by atoms with Crippen LogP contribution < -0.4 is 9.57 Å². The molecule has 6 heteroatoms. The number of rotatable bonds is 8. The molecule has 2 aromatic rings. The number of hydrogen-bond acceptors (Lipinski definition) is 5. The zero-order chi connectivity index (χ0) is 18.1. The lowest BCUT2D eigenvalue weighted by Crippen LogP contribution is -2.41. The molecule has 0 atom stereocenters. The summed E-state index contributed by atoms with van der Waals surface area (Å²) >= 11 is 0. The number of benzene rings is 1. The molecule has 0 aliphatic carbocycles. The standard InChI is InChI=1S/C19H20NO5/c1-15(2)18(21)23-12-13-24-19(22)17-8-10-20(11-9-17)25-14-16-6-4-3-5-7-16/h3-11H,1,12-14H2,2H3/q+1. The van der Waals surface area contributed by atoms with Gasteiger partial charge in [-0.05, 0) is 12.5 Å². The van der Waals surface area contributed by atoms with E-state index in [9.17, 15) is 9.59 Å². The molecule has 0 amide bonds. The molecule has 6 nitrogen and oxygen atoms in total. The number of carbonyl (C=O) groups excluding carboxylic acids is 2. The first-order chi connectivity index (χ1) is 12.1. The normalized spacial score (nSPS) is 9.96. The monoisotopic (exact) mass is 342 g/mol. The predicted octanol–water partition coefficient (Wildman–Crippen LogP) is 1.88. The maximum Gasteiger partial charge on any atom is 0.338 e. The van der Waals surface area contributed by atoms with E-state index in [1.54, 1.807) is 31.5 Å². The maximum absolute atomic E-state index is 11.9. The summed E-state index contributed by atoms with van der Waals surface area (Å²) in [5.74, 6) is -1.01. The van der Waals surface area contributed by atoms with Gasteiger partial charge in [-0.3, -0.25) is 4.84 Å². The van der Waals surface area contributed by atoms with Crippen LogP contribution in [0.1, 0.15) is 22.8 Å². The van der Waals surface area contributed by atoms with E-state index in [-0.39, 0.29) is 13.2 Å². The van der Waals surface area contributed by atoms with Gasteiger partial charge in [-0.1, -0.05) is 36.9 Å². The summed E-state index contributed by atoms with van der Waals surface area (Å²) in [6.45, 7) is 5.41. The van der Waals surface area contributed by atoms with E-state index < -0.39 is 11.9 Å². The van der Waals surface area contributed by atoms with E-state index in [1.165, 1.54) is 4.73 Å². The first-order valence-corrected chi connectivity index (χ1v) is 7.74. The molecule has 0 aliphatic rings. The molecule has 0 saturated carbocycles. The molecule has 0 fully saturated rings. The zero-order valence-corrected chi connectivity index (χ0v) is 14.0. The SMILES string of the molecule is C=C(C)C(=O)OCCOC(=O)c1cc[n+](OCc2ccccc2)cc1. The van der Waals surface area contributed by atoms with Gasteiger partial charge in [0.25, 0.3) is 0 Å². The molecule has 0 spiro atoms. The fourth-order valence-corrected chi connectivity index (χ4v) is 1.83. The van der Waals surface area contributed by atoms with E-state index in [4.69, 9.17) is 14.3 Å². The lowest BCUT2D eigenvalue weighted by atomic mass is 10.2. The third-order valence-electron chi connectivity index (χ3n) is 3.16. The second kappa shape index (κ2) is 9.22. The summed E-state index contributed by atoms with van der Waals surface area (Å²) in [6.07, 6.45) is 3.25. The highest BCUT2D eigenvalue weighted by atomic mass is 16.7. The number of carbonyl (C=O) groups is 2. The highest BCUT2D eigenvalue weighted by Crippen LogP contribution is 2.00. The van der Waals surface area contributed by atoms with Crippen molar-refractivity contribution in [3.8, 4) is 0 Å². The summed E-state index contributed by atoms with van der Waals surface area (Å²) in [5.41, 5.74) is 1.73. The van der Waals surface area contributed by atoms with Crippen molar-refractivity contribution in [2.75, 3.05) is 13.2 Å². The van der Waals surface area contributed by atoms with Gasteiger partial charge in [0.2, 0.25) is 12.4 Å². The topological polar surface area (TPSA) is 65.7 Å². The highest BCUT2D eigenvalue weighted by Gasteiger charge is 2.11. The molecule has 0 radical (unpaired) electrons. The Morgan fingerprint density at radius 2 is 1.64 bits per heavy atom. The average Bonchev–Trinajstić information content (AvgIpc) is 2.64. The first-order valence-electron chi connectivity index (χ1n) is 7.74. The van der Waals surface area contributed by atoms with Crippen molar-refractivity contribution < 1.29 is 28.6 Å². The van der Waals surface area contributed by atoms with Crippen LogP contribution in [0.2, 0.25) is 0 Å². The maximum atomic E-state index is 11.9. The quantitative estimate of drug-likeness (QED) is 0.317. The zero-order valence-electron chi connectivity index (χ0n) is 14.0. The van der Waals surface area contributed by atoms with Gasteiger partial charge in [0.15, 0.2) is 6.61 Å². The molecule has 130 valence electrons. The predicted molar refractivity (Wildman–Crippen MR) is 89.4 cm³/mol. The van der Waals surface area contributed by atoms with E-state index in [0.29, 0.717) is 17.7 Å². The number of ether oxygens (including phenoxy) is 2. The molecule has 25 heavy (non-hydrogen) atoms. The van der Waals surface area contributed by atoms with Gasteiger partial charge in [-0.2, -0.15) is 0 Å². The van der Waals surface area contributed by atoms with Crippen LogP contribution in [0.25, 0.3) is 0 Å². The van der Waals surface area contributed by atoms with Crippen LogP contribution in [0.4, 0.5) is 0 Å². The molecule has 1 aromatic carbocycles. The van der Waals surface area contributed by atoms with Crippen molar-refractivity contribution in [2.45, 2.75) is 13.5 Å². The Bertz CT molecular complexity index is 725. The Hall–Kier alpha value is -3.15. The highest BCUT2D eigenvalue weighted by molar-refractivity contribution is 5.89. The number of pyridine rings is 1. The van der Waals surface area contributed by atoms with Gasteiger partial charge in [-0.25, -0.2) is 9.59 Å². The van der Waals surface area contributed by atoms with E-state index >= 15 is 0 Å². The average molecular weight is 342 g/mol. The van der Waals surface area contributed by atoms with Crippen LogP contribution in [0.3, 0.4) is 0 Å². The summed E-state index contributed by atoms with van der Waals surface area (Å²) in [7, 11) is 0. The van der Waals surface area contributed by atoms with Gasteiger partial charge in [0.1, 0.15) is 13.2 Å². The molecule has 1 aromatic heterocycles. The number of esters is 2. The number of hydrogen-bond donors (Lipinski definition) is 0. The first kappa shape index (κ1) is 18.2. The largest absolute Gasteiger partial charge is 0.459 e. The third kappa shape index (κ3) is 6.10. The molecule has 0 aliphatic heterocycles. The van der Waals surface area contributed by atoms with Gasteiger partial charge >= 0.3 is 11.9 Å². The second-order valence-electron chi connectivity index (χ2n) is 5.26. The lowest BCUT2D eigenvalue weighted by molar-refractivity contribution is -0.895. The van der Waals surface area contributed by atoms with Crippen LogP contribution in [0, 0.1) is 0 Å². The molecular formula is C19H20NO5+. The van der Waals surface area contributed by atoms with Crippen molar-refractivity contribution in [1.82, 2.24) is 0 Å². The van der Waals surface area contributed by atoms with E-state index in [0.717, 1.165) is 5.56 Å². The molecule has 2 rings (SSSR count). The van der Waals surface area contributed by atoms with Crippen LogP contribution in [-0.4, -0.2) is 25.2 Å². The number of nitrogens with zero attached hydrogens (tertiary/aromatic N) is 1. The molecule has 1 heterocycles. The summed E-state index contributed by atoms with van der Waals surface area (Å²) in [4.78, 5) is 28.6. The minimum Gasteiger partial charge on any atom is -0.459 e. The summed E-state index contributed by atoms with van der Waals surface area (Å²) in [5, 5.41) is 0. The summed E-state index contributed by atoms with van der Waals surface area (Å²) in [6, 6.07) is 12.9. The van der Waals surface area contributed by atoms with Crippen molar-refractivity contribution in [1.29, 1.82) is 0 Å². The second-order valence-corrected chi connectivity index (χ2v) is 5.26. The van der Waals surface area contributed by atoms with E-state index in [1.807, 2.05) is 30.3 Å². The van der Waals surface area contributed by atoms with Gasteiger partial charge in [0.05, 0.1) is 5.56 Å². The molecule has 0 N–H and O–H groups in total. The van der Waals surface area contributed by atoms with Crippen LogP contribution in [0.15, 0.2) is 67.0 Å². The van der Waals surface area contributed by atoms with Crippen molar-refractivity contribution in [2.24, 2.45) is 0 Å². The Labute approximate surface area is 146 Å². The fourth-order valence-electron chi connectivity index (χ4n) is 1.83. The minimum absolute atomic E-state index is 0.00947. The van der Waals surface area contributed by atoms with Crippen molar-refractivity contribution in [3.63, 3.8) is 0 Å². The Kier molecular flexibility index (Phi) is 6.71.